The summed E-state index contributed by atoms with van der Waals surface area (Å²) in [5.41, 5.74) is 16.2. The van der Waals surface area contributed by atoms with Gasteiger partial charge in [0, 0.05) is 74.3 Å². The lowest BCUT2D eigenvalue weighted by Crippen LogP contribution is -2.55. The van der Waals surface area contributed by atoms with Gasteiger partial charge in [-0.3, -0.25) is 9.59 Å². The highest BCUT2D eigenvalue weighted by molar-refractivity contribution is 6.31. The fourth-order valence-corrected chi connectivity index (χ4v) is 6.51. The van der Waals surface area contributed by atoms with E-state index in [1.54, 1.807) is 12.3 Å². The van der Waals surface area contributed by atoms with Crippen LogP contribution in [0.15, 0.2) is 54.7 Å². The Hall–Kier alpha value is -3.86. The van der Waals surface area contributed by atoms with Crippen LogP contribution in [0.2, 0.25) is 5.02 Å². The molecule has 5 rings (SSSR count). The molecule has 45 heavy (non-hydrogen) atoms. The molecule has 2 aliphatic heterocycles. The Morgan fingerprint density at radius 3 is 2.60 bits per heavy atom. The average molecular weight is 634 g/mol. The molecule has 2 aromatic carbocycles. The van der Waals surface area contributed by atoms with Gasteiger partial charge in [-0.2, -0.15) is 0 Å². The van der Waals surface area contributed by atoms with Gasteiger partial charge >= 0.3 is 0 Å². The van der Waals surface area contributed by atoms with Crippen molar-refractivity contribution in [3.63, 3.8) is 0 Å². The Balaban J connectivity index is 1.42. The molecule has 10 nitrogen and oxygen atoms in total. The van der Waals surface area contributed by atoms with Crippen LogP contribution in [-0.2, 0) is 0 Å². The predicted molar refractivity (Wildman–Crippen MR) is 180 cm³/mol. The van der Waals surface area contributed by atoms with Crippen molar-refractivity contribution in [2.24, 2.45) is 17.4 Å². The zero-order valence-corrected chi connectivity index (χ0v) is 26.9. The van der Waals surface area contributed by atoms with Gasteiger partial charge in [0.05, 0.1) is 23.4 Å². The van der Waals surface area contributed by atoms with E-state index in [0.717, 1.165) is 48.4 Å². The summed E-state index contributed by atoms with van der Waals surface area (Å²) in [5, 5.41) is 3.56. The van der Waals surface area contributed by atoms with Crippen molar-refractivity contribution in [3.8, 4) is 17.0 Å². The Bertz CT molecular complexity index is 1500. The molecule has 0 bridgehead atoms. The van der Waals surface area contributed by atoms with Crippen molar-refractivity contribution in [1.82, 2.24) is 15.2 Å². The van der Waals surface area contributed by atoms with Crippen LogP contribution in [0, 0.1) is 5.92 Å². The maximum absolute atomic E-state index is 14.0. The first-order valence-corrected chi connectivity index (χ1v) is 16.3. The van der Waals surface area contributed by atoms with Gasteiger partial charge < -0.3 is 36.2 Å². The van der Waals surface area contributed by atoms with Gasteiger partial charge in [-0.1, -0.05) is 24.6 Å². The summed E-state index contributed by atoms with van der Waals surface area (Å²) in [6, 6.07) is 15.2. The normalized spacial score (nSPS) is 18.3. The Labute approximate surface area is 270 Å². The number of anilines is 2. The van der Waals surface area contributed by atoms with E-state index in [-0.39, 0.29) is 17.9 Å². The quantitative estimate of drug-likeness (QED) is 0.289. The topological polar surface area (TPSA) is 130 Å². The van der Waals surface area contributed by atoms with E-state index in [1.807, 2.05) is 54.3 Å². The molecule has 3 aromatic rings. The SMILES string of the molecule is CCOc1ncccc1-c1ccc(N2CCN(C(=O)c3ccc(Cl)cc3N3CC[C@H](CN)C3)C[C@H]2CC)c(C(=O)NCCN)c1. The van der Waals surface area contributed by atoms with E-state index < -0.39 is 0 Å². The van der Waals surface area contributed by atoms with Crippen LogP contribution in [-0.4, -0.2) is 86.7 Å². The fraction of sp³-hybridized carbons (Fsp3) is 0.441. The fourth-order valence-electron chi connectivity index (χ4n) is 6.35. The summed E-state index contributed by atoms with van der Waals surface area (Å²) in [6.45, 7) is 9.15. The number of rotatable bonds is 11. The van der Waals surface area contributed by atoms with Gasteiger partial charge in [0.2, 0.25) is 5.88 Å². The average Bonchev–Trinajstić information content (AvgIpc) is 3.56. The maximum Gasteiger partial charge on any atom is 0.256 e. The van der Waals surface area contributed by atoms with Crippen LogP contribution in [0.5, 0.6) is 5.88 Å². The van der Waals surface area contributed by atoms with E-state index in [0.29, 0.717) is 73.8 Å². The van der Waals surface area contributed by atoms with Crippen molar-refractivity contribution in [2.75, 3.05) is 68.8 Å². The number of halogens is 1. The molecule has 3 heterocycles. The lowest BCUT2D eigenvalue weighted by atomic mass is 9.99. The third-order valence-electron chi connectivity index (χ3n) is 8.73. The van der Waals surface area contributed by atoms with Crippen molar-refractivity contribution in [2.45, 2.75) is 32.7 Å². The largest absolute Gasteiger partial charge is 0.478 e. The van der Waals surface area contributed by atoms with Crippen LogP contribution < -0.4 is 31.3 Å². The summed E-state index contributed by atoms with van der Waals surface area (Å²) >= 11 is 6.40. The molecular weight excluding hydrogens is 590 g/mol. The molecule has 0 spiro atoms. The molecular formula is C34H44ClN7O3. The van der Waals surface area contributed by atoms with Gasteiger partial charge in [-0.25, -0.2) is 4.98 Å². The van der Waals surface area contributed by atoms with Gasteiger partial charge in [0.15, 0.2) is 0 Å². The van der Waals surface area contributed by atoms with Crippen molar-refractivity contribution < 1.29 is 14.3 Å². The molecule has 2 saturated heterocycles. The first kappa shape index (κ1) is 32.5. The van der Waals surface area contributed by atoms with Gasteiger partial charge in [0.1, 0.15) is 0 Å². The lowest BCUT2D eigenvalue weighted by molar-refractivity contribution is 0.0720. The number of nitrogens with one attached hydrogen (secondary N) is 1. The number of hydrogen-bond donors (Lipinski definition) is 3. The molecule has 2 amide bonds. The van der Waals surface area contributed by atoms with Gasteiger partial charge in [-0.05, 0) is 80.3 Å². The van der Waals surface area contributed by atoms with Gasteiger partial charge in [0.25, 0.3) is 11.8 Å². The van der Waals surface area contributed by atoms with Crippen LogP contribution in [0.4, 0.5) is 11.4 Å². The monoisotopic (exact) mass is 633 g/mol. The number of piperazine rings is 1. The molecule has 11 heteroatoms. The summed E-state index contributed by atoms with van der Waals surface area (Å²) in [4.78, 5) is 38.4. The summed E-state index contributed by atoms with van der Waals surface area (Å²) in [7, 11) is 0. The molecule has 240 valence electrons. The molecule has 2 fully saturated rings. The van der Waals surface area contributed by atoms with E-state index in [4.69, 9.17) is 27.8 Å². The number of benzene rings is 2. The molecule has 2 aliphatic rings. The van der Waals surface area contributed by atoms with E-state index >= 15 is 0 Å². The maximum atomic E-state index is 14.0. The van der Waals surface area contributed by atoms with Crippen molar-refractivity contribution >= 4 is 34.8 Å². The summed E-state index contributed by atoms with van der Waals surface area (Å²) in [5.74, 6) is 0.729. The second-order valence-electron chi connectivity index (χ2n) is 11.6. The zero-order valence-electron chi connectivity index (χ0n) is 26.2. The number of pyridine rings is 1. The number of amides is 2. The van der Waals surface area contributed by atoms with Gasteiger partial charge in [-0.15, -0.1) is 0 Å². The third kappa shape index (κ3) is 7.19. The third-order valence-corrected chi connectivity index (χ3v) is 8.97. The van der Waals surface area contributed by atoms with Crippen LogP contribution >= 0.6 is 11.6 Å². The van der Waals surface area contributed by atoms with E-state index in [9.17, 15) is 9.59 Å². The molecule has 2 atom stereocenters. The summed E-state index contributed by atoms with van der Waals surface area (Å²) < 4.78 is 5.77. The highest BCUT2D eigenvalue weighted by Crippen LogP contribution is 2.35. The zero-order chi connectivity index (χ0) is 31.9. The second kappa shape index (κ2) is 14.9. The number of carbonyl (C=O) groups is 2. The number of nitrogens with zero attached hydrogens (tertiary/aromatic N) is 4. The molecule has 0 radical (unpaired) electrons. The number of nitrogens with two attached hydrogens (primary N) is 2. The Kier molecular flexibility index (Phi) is 10.8. The number of carbonyl (C=O) groups excluding carboxylic acids is 2. The highest BCUT2D eigenvalue weighted by Gasteiger charge is 2.33. The number of aromatic nitrogens is 1. The molecule has 1 aromatic heterocycles. The first-order valence-electron chi connectivity index (χ1n) is 15.9. The molecule has 0 aliphatic carbocycles. The number of ether oxygens (including phenoxy) is 1. The van der Waals surface area contributed by atoms with Crippen LogP contribution in [0.3, 0.4) is 0 Å². The first-order chi connectivity index (χ1) is 21.9. The molecule has 0 unspecified atom stereocenters. The second-order valence-corrected chi connectivity index (χ2v) is 12.0. The highest BCUT2D eigenvalue weighted by atomic mass is 35.5. The summed E-state index contributed by atoms with van der Waals surface area (Å²) in [6.07, 6.45) is 3.49. The van der Waals surface area contributed by atoms with E-state index in [2.05, 4.69) is 27.0 Å². The minimum absolute atomic E-state index is 0.00717. The van der Waals surface area contributed by atoms with Crippen molar-refractivity contribution in [1.29, 1.82) is 0 Å². The Morgan fingerprint density at radius 1 is 1.02 bits per heavy atom. The lowest BCUT2D eigenvalue weighted by Gasteiger charge is -2.43. The minimum atomic E-state index is -0.195. The Morgan fingerprint density at radius 2 is 1.87 bits per heavy atom. The molecule has 5 N–H and O–H groups in total. The van der Waals surface area contributed by atoms with E-state index in [1.165, 1.54) is 0 Å². The molecule has 0 saturated carbocycles. The minimum Gasteiger partial charge on any atom is -0.478 e. The van der Waals surface area contributed by atoms with Crippen LogP contribution in [0.25, 0.3) is 11.1 Å². The predicted octanol–water partition coefficient (Wildman–Crippen LogP) is 4.02. The van der Waals surface area contributed by atoms with Crippen molar-refractivity contribution in [3.05, 3.63) is 70.9 Å². The number of hydrogen-bond acceptors (Lipinski definition) is 8. The standard InChI is InChI=1S/C34H44ClN7O3/c1-3-26-22-41(34(44)28-9-8-25(35)19-31(28)40-15-11-23(20-37)21-40)16-17-42(26)30-10-7-24(18-29(30)32(43)38-14-12-36)27-6-5-13-39-33(27)45-4-2/h5-10,13,18-19,23,26H,3-4,11-12,14-17,20-22,36-37H2,1-2H3,(H,38,43)/t23-,26-/m1/s1. The van der Waals surface area contributed by atoms with Crippen LogP contribution in [0.1, 0.15) is 47.4 Å². The smallest absolute Gasteiger partial charge is 0.256 e.